The third kappa shape index (κ3) is 3.69. The summed E-state index contributed by atoms with van der Waals surface area (Å²) in [5.74, 6) is 1.43. The van der Waals surface area contributed by atoms with Crippen LogP contribution in [-0.2, 0) is 20.1 Å². The summed E-state index contributed by atoms with van der Waals surface area (Å²) >= 11 is 0. The zero-order valence-electron chi connectivity index (χ0n) is 11.1. The van der Waals surface area contributed by atoms with E-state index in [0.717, 1.165) is 11.4 Å². The first-order valence-corrected chi connectivity index (χ1v) is 6.19. The molecular formula is C13H18N4O2. The fraction of sp³-hybridized carbons (Fsp3) is 0.385. The van der Waals surface area contributed by atoms with Crippen LogP contribution in [-0.4, -0.2) is 26.5 Å². The van der Waals surface area contributed by atoms with Crippen LogP contribution in [0.1, 0.15) is 18.3 Å². The molecule has 6 heteroatoms. The molecule has 0 spiro atoms. The number of nitrogens with one attached hydrogen (secondary N) is 1. The summed E-state index contributed by atoms with van der Waals surface area (Å²) in [4.78, 5) is 4.13. The van der Waals surface area contributed by atoms with Crippen molar-refractivity contribution in [3.8, 4) is 11.5 Å². The van der Waals surface area contributed by atoms with Crippen molar-refractivity contribution in [1.29, 1.82) is 0 Å². The Bertz CT molecular complexity index is 539. The van der Waals surface area contributed by atoms with Crippen LogP contribution in [0.15, 0.2) is 24.5 Å². The quantitative estimate of drug-likeness (QED) is 0.818. The van der Waals surface area contributed by atoms with Crippen molar-refractivity contribution in [2.45, 2.75) is 20.0 Å². The lowest BCUT2D eigenvalue weighted by molar-refractivity contribution is 0.317. The van der Waals surface area contributed by atoms with E-state index in [-0.39, 0.29) is 5.75 Å². The molecule has 0 bridgehead atoms. The van der Waals surface area contributed by atoms with E-state index >= 15 is 0 Å². The first-order chi connectivity index (χ1) is 9.19. The van der Waals surface area contributed by atoms with Crippen LogP contribution in [0, 0.1) is 0 Å². The average molecular weight is 262 g/mol. The molecule has 1 heterocycles. The second-order valence-electron chi connectivity index (χ2n) is 4.17. The number of phenols is 1. The number of aromatic nitrogens is 3. The number of hydrogen-bond acceptors (Lipinski definition) is 5. The maximum Gasteiger partial charge on any atom is 0.164 e. The molecule has 2 aromatic rings. The van der Waals surface area contributed by atoms with Crippen molar-refractivity contribution < 1.29 is 9.84 Å². The van der Waals surface area contributed by atoms with Gasteiger partial charge in [0.1, 0.15) is 6.33 Å². The van der Waals surface area contributed by atoms with Crippen molar-refractivity contribution in [3.05, 3.63) is 35.9 Å². The standard InChI is InChI=1S/C13H18N4O2/c1-3-19-12-6-10(4-5-11(12)18)7-14-8-13-15-9-17(2)16-13/h4-6,9,14,18H,3,7-8H2,1-2H3. The fourth-order valence-corrected chi connectivity index (χ4v) is 1.72. The molecule has 19 heavy (non-hydrogen) atoms. The zero-order valence-corrected chi connectivity index (χ0v) is 11.1. The van der Waals surface area contributed by atoms with Gasteiger partial charge in [-0.1, -0.05) is 6.07 Å². The molecule has 0 atom stereocenters. The SMILES string of the molecule is CCOc1cc(CNCc2ncn(C)n2)ccc1O. The smallest absolute Gasteiger partial charge is 0.164 e. The highest BCUT2D eigenvalue weighted by Crippen LogP contribution is 2.26. The van der Waals surface area contributed by atoms with E-state index in [1.807, 2.05) is 26.1 Å². The van der Waals surface area contributed by atoms with Crippen LogP contribution in [0.4, 0.5) is 0 Å². The molecule has 0 saturated heterocycles. The van der Waals surface area contributed by atoms with E-state index in [1.54, 1.807) is 17.1 Å². The largest absolute Gasteiger partial charge is 0.504 e. The summed E-state index contributed by atoms with van der Waals surface area (Å²) in [6.07, 6.45) is 1.67. The van der Waals surface area contributed by atoms with Gasteiger partial charge in [-0.05, 0) is 24.6 Å². The number of hydrogen-bond donors (Lipinski definition) is 2. The molecule has 2 N–H and O–H groups in total. The number of rotatable bonds is 6. The molecule has 1 aromatic carbocycles. The Morgan fingerprint density at radius 2 is 2.21 bits per heavy atom. The highest BCUT2D eigenvalue weighted by molar-refractivity contribution is 5.41. The Kier molecular flexibility index (Phi) is 4.35. The third-order valence-corrected chi connectivity index (χ3v) is 2.58. The number of nitrogens with zero attached hydrogens (tertiary/aromatic N) is 3. The molecule has 0 fully saturated rings. The first kappa shape index (κ1) is 13.4. The minimum absolute atomic E-state index is 0.164. The molecular weight excluding hydrogens is 244 g/mol. The monoisotopic (exact) mass is 262 g/mol. The van der Waals surface area contributed by atoms with Crippen LogP contribution >= 0.6 is 0 Å². The van der Waals surface area contributed by atoms with Crippen molar-refractivity contribution in [3.63, 3.8) is 0 Å². The zero-order chi connectivity index (χ0) is 13.7. The van der Waals surface area contributed by atoms with Crippen LogP contribution < -0.4 is 10.1 Å². The van der Waals surface area contributed by atoms with Crippen LogP contribution in [0.3, 0.4) is 0 Å². The molecule has 1 aromatic heterocycles. The van der Waals surface area contributed by atoms with Gasteiger partial charge in [0.25, 0.3) is 0 Å². The van der Waals surface area contributed by atoms with Gasteiger partial charge < -0.3 is 15.2 Å². The number of phenolic OH excluding ortho intramolecular Hbond substituents is 1. The molecule has 0 aliphatic rings. The van der Waals surface area contributed by atoms with E-state index in [4.69, 9.17) is 4.74 Å². The summed E-state index contributed by atoms with van der Waals surface area (Å²) in [6.45, 7) is 3.68. The van der Waals surface area contributed by atoms with Crippen molar-refractivity contribution in [1.82, 2.24) is 20.1 Å². The van der Waals surface area contributed by atoms with E-state index in [9.17, 15) is 5.11 Å². The Morgan fingerprint density at radius 1 is 1.37 bits per heavy atom. The second kappa shape index (κ2) is 6.19. The molecule has 0 amide bonds. The van der Waals surface area contributed by atoms with Gasteiger partial charge in [0.2, 0.25) is 0 Å². The van der Waals surface area contributed by atoms with Gasteiger partial charge in [0, 0.05) is 13.6 Å². The summed E-state index contributed by atoms with van der Waals surface area (Å²) in [5, 5.41) is 17.0. The molecule has 102 valence electrons. The summed E-state index contributed by atoms with van der Waals surface area (Å²) < 4.78 is 7.01. The molecule has 0 radical (unpaired) electrons. The van der Waals surface area contributed by atoms with Crippen LogP contribution in [0.5, 0.6) is 11.5 Å². The minimum Gasteiger partial charge on any atom is -0.504 e. The summed E-state index contributed by atoms with van der Waals surface area (Å²) in [6, 6.07) is 5.33. The van der Waals surface area contributed by atoms with Crippen LogP contribution in [0.2, 0.25) is 0 Å². The number of benzene rings is 1. The van der Waals surface area contributed by atoms with Gasteiger partial charge in [-0.15, -0.1) is 0 Å². The lowest BCUT2D eigenvalue weighted by Gasteiger charge is -2.08. The number of aryl methyl sites for hydroxylation is 1. The van der Waals surface area contributed by atoms with Gasteiger partial charge in [-0.2, -0.15) is 5.10 Å². The van der Waals surface area contributed by atoms with E-state index < -0.39 is 0 Å². The van der Waals surface area contributed by atoms with E-state index in [2.05, 4.69) is 15.4 Å². The number of ether oxygens (including phenoxy) is 1. The lowest BCUT2D eigenvalue weighted by Crippen LogP contribution is -2.14. The summed E-state index contributed by atoms with van der Waals surface area (Å²) in [5.41, 5.74) is 1.04. The summed E-state index contributed by atoms with van der Waals surface area (Å²) in [7, 11) is 1.84. The predicted molar refractivity (Wildman–Crippen MR) is 70.8 cm³/mol. The van der Waals surface area contributed by atoms with E-state index in [0.29, 0.717) is 25.4 Å². The number of aromatic hydroxyl groups is 1. The van der Waals surface area contributed by atoms with Gasteiger partial charge in [-0.3, -0.25) is 4.68 Å². The Balaban J connectivity index is 1.90. The highest BCUT2D eigenvalue weighted by Gasteiger charge is 2.04. The maximum atomic E-state index is 9.60. The highest BCUT2D eigenvalue weighted by atomic mass is 16.5. The van der Waals surface area contributed by atoms with Gasteiger partial charge in [0.05, 0.1) is 13.2 Å². The van der Waals surface area contributed by atoms with Crippen molar-refractivity contribution >= 4 is 0 Å². The predicted octanol–water partition coefficient (Wildman–Crippen LogP) is 1.21. The molecule has 6 nitrogen and oxygen atoms in total. The fourth-order valence-electron chi connectivity index (χ4n) is 1.72. The molecule has 0 aliphatic heterocycles. The molecule has 2 rings (SSSR count). The minimum atomic E-state index is 0.164. The topological polar surface area (TPSA) is 72.2 Å². The van der Waals surface area contributed by atoms with Crippen molar-refractivity contribution in [2.24, 2.45) is 7.05 Å². The van der Waals surface area contributed by atoms with Gasteiger partial charge >= 0.3 is 0 Å². The molecule has 0 saturated carbocycles. The Morgan fingerprint density at radius 3 is 2.89 bits per heavy atom. The normalized spacial score (nSPS) is 10.6. The van der Waals surface area contributed by atoms with Crippen LogP contribution in [0.25, 0.3) is 0 Å². The van der Waals surface area contributed by atoms with Gasteiger partial charge in [0.15, 0.2) is 17.3 Å². The lowest BCUT2D eigenvalue weighted by atomic mass is 10.2. The second-order valence-corrected chi connectivity index (χ2v) is 4.17. The van der Waals surface area contributed by atoms with Crippen molar-refractivity contribution in [2.75, 3.05) is 6.61 Å². The Labute approximate surface area is 112 Å². The average Bonchev–Trinajstić information content (AvgIpc) is 2.79. The van der Waals surface area contributed by atoms with Gasteiger partial charge in [-0.25, -0.2) is 4.98 Å². The maximum absolute atomic E-state index is 9.60. The van der Waals surface area contributed by atoms with E-state index in [1.165, 1.54) is 0 Å². The molecule has 0 unspecified atom stereocenters. The first-order valence-electron chi connectivity index (χ1n) is 6.19. The Hall–Kier alpha value is -2.08. The third-order valence-electron chi connectivity index (χ3n) is 2.58. The molecule has 0 aliphatic carbocycles.